The van der Waals surface area contributed by atoms with Gasteiger partial charge in [0.15, 0.2) is 6.29 Å². The zero-order chi connectivity index (χ0) is 39.6. The van der Waals surface area contributed by atoms with Crippen LogP contribution in [0, 0.1) is 0 Å². The Morgan fingerprint density at radius 2 is 1.12 bits per heavy atom. The number of hydrogen-bond donors (Lipinski definition) is 2. The van der Waals surface area contributed by atoms with E-state index in [1.807, 2.05) is 0 Å². The van der Waals surface area contributed by atoms with Gasteiger partial charge in [-0.2, -0.15) is 0 Å². The van der Waals surface area contributed by atoms with E-state index in [2.05, 4.69) is 239 Å². The van der Waals surface area contributed by atoms with E-state index in [-0.39, 0.29) is 12.3 Å². The van der Waals surface area contributed by atoms with Gasteiger partial charge in [-0.1, -0.05) is 176 Å². The van der Waals surface area contributed by atoms with Crippen LogP contribution in [0.25, 0.3) is 72.7 Å². The van der Waals surface area contributed by atoms with Gasteiger partial charge in [-0.15, -0.1) is 0 Å². The maximum atomic E-state index is 4.09. The van der Waals surface area contributed by atoms with Gasteiger partial charge in [-0.25, -0.2) is 0 Å². The molecule has 60 heavy (non-hydrogen) atoms. The molecular formula is C56H40N4. The van der Waals surface area contributed by atoms with Gasteiger partial charge in [0.2, 0.25) is 0 Å². The summed E-state index contributed by atoms with van der Waals surface area (Å²) in [7, 11) is 0. The molecule has 1 aromatic heterocycles. The average Bonchev–Trinajstić information content (AvgIpc) is 3.56. The van der Waals surface area contributed by atoms with E-state index in [9.17, 15) is 0 Å². The lowest BCUT2D eigenvalue weighted by Crippen LogP contribution is -2.53. The molecule has 0 bridgehead atoms. The summed E-state index contributed by atoms with van der Waals surface area (Å²) < 4.78 is 2.42. The summed E-state index contributed by atoms with van der Waals surface area (Å²) in [5.74, 6) is 0. The molecule has 284 valence electrons. The molecule has 0 fully saturated rings. The highest BCUT2D eigenvalue weighted by Gasteiger charge is 2.33. The number of para-hydroxylation sites is 5. The van der Waals surface area contributed by atoms with Crippen LogP contribution < -0.4 is 15.5 Å². The van der Waals surface area contributed by atoms with Gasteiger partial charge in [-0.05, 0) is 92.2 Å². The van der Waals surface area contributed by atoms with Gasteiger partial charge >= 0.3 is 0 Å². The molecule has 0 saturated heterocycles. The fraction of sp³-hybridized carbons (Fsp3) is 0.0357. The van der Waals surface area contributed by atoms with E-state index in [0.717, 1.165) is 28.3 Å². The van der Waals surface area contributed by atoms with Crippen LogP contribution in [-0.2, 0) is 0 Å². The van der Waals surface area contributed by atoms with Crippen LogP contribution in [-0.4, -0.2) is 10.9 Å². The van der Waals surface area contributed by atoms with E-state index < -0.39 is 0 Å². The molecule has 4 nitrogen and oxygen atoms in total. The number of anilines is 3. The number of hydrogen-bond acceptors (Lipinski definition) is 3. The van der Waals surface area contributed by atoms with E-state index in [0.29, 0.717) is 0 Å². The SMILES string of the molecule is C1=Cc2cc(-c3cccc4c5ccccc5n(-c5ccccc5)c34)ccc2N(C2Nc3ccccc3C(c3ccc(-c4cccc5ccccc45)cc3)N2)c2ccccc21. The molecule has 12 rings (SSSR count). The molecule has 0 spiro atoms. The zero-order valence-electron chi connectivity index (χ0n) is 32.8. The van der Waals surface area contributed by atoms with Crippen molar-refractivity contribution in [1.82, 2.24) is 9.88 Å². The van der Waals surface area contributed by atoms with Crippen LogP contribution in [0.5, 0.6) is 0 Å². The maximum absolute atomic E-state index is 4.09. The lowest BCUT2D eigenvalue weighted by molar-refractivity contribution is 0.494. The number of aromatic nitrogens is 1. The van der Waals surface area contributed by atoms with E-state index in [1.54, 1.807) is 0 Å². The van der Waals surface area contributed by atoms with Crippen molar-refractivity contribution in [1.29, 1.82) is 0 Å². The van der Waals surface area contributed by atoms with Crippen LogP contribution in [0.1, 0.15) is 28.3 Å². The smallest absolute Gasteiger partial charge is 0.160 e. The average molecular weight is 769 g/mol. The molecule has 3 heterocycles. The van der Waals surface area contributed by atoms with Crippen molar-refractivity contribution in [3.8, 4) is 27.9 Å². The molecular weight excluding hydrogens is 729 g/mol. The van der Waals surface area contributed by atoms with Gasteiger partial charge < -0.3 is 14.8 Å². The monoisotopic (exact) mass is 768 g/mol. The molecule has 0 amide bonds. The van der Waals surface area contributed by atoms with Crippen LogP contribution >= 0.6 is 0 Å². The summed E-state index contributed by atoms with van der Waals surface area (Å²) in [6.45, 7) is 0. The number of nitrogens with zero attached hydrogens (tertiary/aromatic N) is 2. The van der Waals surface area contributed by atoms with Crippen molar-refractivity contribution in [3.63, 3.8) is 0 Å². The van der Waals surface area contributed by atoms with Crippen LogP contribution in [0.3, 0.4) is 0 Å². The lowest BCUT2D eigenvalue weighted by atomic mass is 9.92. The summed E-state index contributed by atoms with van der Waals surface area (Å²) in [5, 5.41) is 13.0. The second-order valence-corrected chi connectivity index (χ2v) is 15.8. The second kappa shape index (κ2) is 14.0. The number of fused-ring (bicyclic) bond motifs is 7. The van der Waals surface area contributed by atoms with Crippen LogP contribution in [0.4, 0.5) is 17.1 Å². The minimum absolute atomic E-state index is 0.0439. The molecule has 2 atom stereocenters. The van der Waals surface area contributed by atoms with Crippen molar-refractivity contribution in [3.05, 3.63) is 229 Å². The Balaban J connectivity index is 0.971. The standard InChI is InChI=1S/C56H40N4/c1-2-17-43(18-3-1)59-53-27-11-8-20-47(53)48-24-13-23-46(55(48)59)41-34-35-52-42(36-41)33-30-39-15-5-10-26-51(39)60(52)56-57-50-25-9-7-21-49(50)54(58-56)40-31-28-38(29-32-40)45-22-12-16-37-14-4-6-19-44(37)45/h1-36,54,56-58H. The van der Waals surface area contributed by atoms with E-state index >= 15 is 0 Å². The minimum atomic E-state index is -0.252. The summed E-state index contributed by atoms with van der Waals surface area (Å²) >= 11 is 0. The van der Waals surface area contributed by atoms with E-state index in [4.69, 9.17) is 0 Å². The Labute approximate surface area is 349 Å². The lowest BCUT2D eigenvalue weighted by Gasteiger charge is -2.42. The minimum Gasteiger partial charge on any atom is -0.352 e. The fourth-order valence-electron chi connectivity index (χ4n) is 9.67. The van der Waals surface area contributed by atoms with Gasteiger partial charge in [0.25, 0.3) is 0 Å². The highest BCUT2D eigenvalue weighted by Crippen LogP contribution is 2.44. The maximum Gasteiger partial charge on any atom is 0.160 e. The molecule has 2 aliphatic heterocycles. The van der Waals surface area contributed by atoms with Gasteiger partial charge in [0.05, 0.1) is 28.5 Å². The third-order valence-corrected chi connectivity index (χ3v) is 12.4. The quantitative estimate of drug-likeness (QED) is 0.183. The molecule has 0 radical (unpaired) electrons. The molecule has 0 aliphatic carbocycles. The first-order valence-corrected chi connectivity index (χ1v) is 20.7. The predicted molar refractivity (Wildman–Crippen MR) is 252 cm³/mol. The number of benzene rings is 9. The molecule has 2 N–H and O–H groups in total. The Hall–Kier alpha value is -7.66. The van der Waals surface area contributed by atoms with Crippen molar-refractivity contribution in [2.45, 2.75) is 12.3 Å². The van der Waals surface area contributed by atoms with E-state index in [1.165, 1.54) is 71.5 Å². The third kappa shape index (κ3) is 5.57. The van der Waals surface area contributed by atoms with Crippen molar-refractivity contribution in [2.24, 2.45) is 0 Å². The summed E-state index contributed by atoms with van der Waals surface area (Å²) in [6, 6.07) is 74.9. The molecule has 0 saturated carbocycles. The van der Waals surface area contributed by atoms with Gasteiger partial charge in [0, 0.05) is 27.7 Å². The molecule has 2 unspecified atom stereocenters. The summed E-state index contributed by atoms with van der Waals surface area (Å²) in [4.78, 5) is 2.45. The first-order chi connectivity index (χ1) is 29.8. The number of rotatable bonds is 5. The van der Waals surface area contributed by atoms with Crippen molar-refractivity contribution < 1.29 is 0 Å². The molecule has 2 aliphatic rings. The Kier molecular flexibility index (Phi) is 8.03. The fourth-order valence-corrected chi connectivity index (χ4v) is 9.67. The Morgan fingerprint density at radius 1 is 0.450 bits per heavy atom. The second-order valence-electron chi connectivity index (χ2n) is 15.8. The van der Waals surface area contributed by atoms with Crippen molar-refractivity contribution >= 4 is 61.8 Å². The van der Waals surface area contributed by atoms with Gasteiger partial charge in [-0.3, -0.25) is 5.32 Å². The first kappa shape index (κ1) is 34.4. The van der Waals surface area contributed by atoms with Crippen LogP contribution in [0.2, 0.25) is 0 Å². The predicted octanol–water partition coefficient (Wildman–Crippen LogP) is 14.0. The molecule has 4 heteroatoms. The number of nitrogens with one attached hydrogen (secondary N) is 2. The third-order valence-electron chi connectivity index (χ3n) is 12.4. The Bertz CT molecular complexity index is 3280. The topological polar surface area (TPSA) is 32.2 Å². The summed E-state index contributed by atoms with van der Waals surface area (Å²) in [6.07, 6.45) is 4.29. The van der Waals surface area contributed by atoms with Crippen LogP contribution in [0.15, 0.2) is 206 Å². The largest absolute Gasteiger partial charge is 0.352 e. The highest BCUT2D eigenvalue weighted by atomic mass is 15.4. The molecule has 10 aromatic rings. The summed E-state index contributed by atoms with van der Waals surface area (Å²) in [5.41, 5.74) is 16.6. The highest BCUT2D eigenvalue weighted by molar-refractivity contribution is 6.14. The van der Waals surface area contributed by atoms with Gasteiger partial charge in [0.1, 0.15) is 0 Å². The molecule has 9 aromatic carbocycles. The first-order valence-electron chi connectivity index (χ1n) is 20.7. The normalized spacial score (nSPS) is 15.6. The van der Waals surface area contributed by atoms with Crippen molar-refractivity contribution in [2.75, 3.05) is 10.2 Å². The Morgan fingerprint density at radius 3 is 2.03 bits per heavy atom. The zero-order valence-corrected chi connectivity index (χ0v) is 32.8.